The van der Waals surface area contributed by atoms with Crippen molar-refractivity contribution in [3.63, 3.8) is 0 Å². The van der Waals surface area contributed by atoms with Crippen molar-refractivity contribution in [1.29, 1.82) is 0 Å². The molecule has 0 radical (unpaired) electrons. The lowest BCUT2D eigenvalue weighted by Gasteiger charge is -2.61. The Kier molecular flexibility index (Phi) is 9.80. The third kappa shape index (κ3) is 4.59. The highest BCUT2D eigenvalue weighted by Crippen LogP contribution is 2.71. The molecule has 2 saturated heterocycles. The van der Waals surface area contributed by atoms with Crippen molar-refractivity contribution in [2.75, 3.05) is 19.6 Å². The van der Waals surface area contributed by atoms with Crippen molar-refractivity contribution in [2.24, 2.45) is 58.0 Å². The topological polar surface area (TPSA) is 59.3 Å². The molecule has 212 valence electrons. The molecule has 0 bridgehead atoms. The summed E-state index contributed by atoms with van der Waals surface area (Å²) in [5, 5.41) is 7.67. The number of ether oxygens (including phenoxy) is 1. The molecule has 0 amide bonds. The first-order valence-corrected chi connectivity index (χ1v) is 14.7. The van der Waals surface area contributed by atoms with Crippen LogP contribution in [-0.4, -0.2) is 37.5 Å². The minimum absolute atomic E-state index is 0. The van der Waals surface area contributed by atoms with Gasteiger partial charge in [0.15, 0.2) is 0 Å². The fraction of sp³-hybridized carbons (Fsp3) is 1.00. The fourth-order valence-corrected chi connectivity index (χ4v) is 10.9. The summed E-state index contributed by atoms with van der Waals surface area (Å²) >= 11 is 0. The van der Waals surface area contributed by atoms with Gasteiger partial charge in [-0.25, -0.2) is 0 Å². The minimum Gasteiger partial charge on any atom is -0.357 e. The van der Waals surface area contributed by atoms with Crippen molar-refractivity contribution < 1.29 is 4.74 Å². The number of hydrogen-bond acceptors (Lipinski definition) is 4. The highest BCUT2D eigenvalue weighted by atomic mass is 35.5. The zero-order chi connectivity index (χ0) is 23.0. The van der Waals surface area contributed by atoms with E-state index < -0.39 is 0 Å². The highest BCUT2D eigenvalue weighted by Gasteiger charge is 2.68. The van der Waals surface area contributed by atoms with Crippen LogP contribution in [0.15, 0.2) is 0 Å². The summed E-state index contributed by atoms with van der Waals surface area (Å²) in [4.78, 5) is 0. The standard InChI is InChI=1S/C29H51N3O.3ClH/c1-18-7-12-29(32-17-18)19(2)26-25(33-29)16-24-22-6-5-20-15-21(31-14-13-30)8-10-27(20,3)23(22)9-11-28(24,26)4;;;/h18-26,31-32H,5-17,30H2,1-4H3;3*1H/t18-,19-,20-,21?,22+,23-,24-,25-,26-,27-,28-,29-;;;/m0.../s1. The van der Waals surface area contributed by atoms with Crippen molar-refractivity contribution in [1.82, 2.24) is 10.6 Å². The summed E-state index contributed by atoms with van der Waals surface area (Å²) < 4.78 is 7.07. The lowest BCUT2D eigenvalue weighted by molar-refractivity contribution is -0.134. The van der Waals surface area contributed by atoms with E-state index in [-0.39, 0.29) is 42.9 Å². The number of nitrogens with two attached hydrogens (primary N) is 1. The van der Waals surface area contributed by atoms with Gasteiger partial charge in [0.1, 0.15) is 5.72 Å². The van der Waals surface area contributed by atoms with Gasteiger partial charge in [0, 0.05) is 31.6 Å². The minimum atomic E-state index is -0.0226. The second kappa shape index (κ2) is 11.3. The van der Waals surface area contributed by atoms with E-state index in [4.69, 9.17) is 10.5 Å². The molecule has 0 aromatic rings. The molecule has 2 aliphatic heterocycles. The van der Waals surface area contributed by atoms with Crippen LogP contribution in [0.25, 0.3) is 0 Å². The maximum Gasteiger partial charge on any atom is 0.122 e. The Hall–Kier alpha value is 0.710. The predicted molar refractivity (Wildman–Crippen MR) is 156 cm³/mol. The number of nitrogens with one attached hydrogen (secondary N) is 2. The summed E-state index contributed by atoms with van der Waals surface area (Å²) in [6, 6.07) is 0.707. The zero-order valence-electron chi connectivity index (χ0n) is 23.1. The molecule has 1 spiro atoms. The van der Waals surface area contributed by atoms with Crippen LogP contribution >= 0.6 is 37.2 Å². The number of rotatable bonds is 3. The van der Waals surface area contributed by atoms with Crippen LogP contribution in [0.2, 0.25) is 0 Å². The SMILES string of the molecule is C[C@H]1CC[C@]2(NC1)O[C@H]1C[C@H]3[C@@H]4CC[C@H]5CC(NCCN)CC[C@]5(C)[C@H]4CC[C@]3(C)[C@H]1[C@@H]2C.Cl.Cl.Cl. The Morgan fingerprint density at radius 3 is 2.33 bits per heavy atom. The third-order valence-electron chi connectivity index (χ3n) is 12.7. The molecule has 4 aliphatic carbocycles. The molecule has 1 unspecified atom stereocenters. The van der Waals surface area contributed by atoms with E-state index in [2.05, 4.69) is 38.3 Å². The Morgan fingerprint density at radius 1 is 0.889 bits per heavy atom. The maximum absolute atomic E-state index is 7.07. The van der Waals surface area contributed by atoms with E-state index >= 15 is 0 Å². The average molecular weight is 567 g/mol. The van der Waals surface area contributed by atoms with Gasteiger partial charge in [-0.05, 0) is 111 Å². The van der Waals surface area contributed by atoms with Gasteiger partial charge in [-0.3, -0.25) is 5.32 Å². The molecule has 6 fully saturated rings. The molecule has 36 heavy (non-hydrogen) atoms. The van der Waals surface area contributed by atoms with Gasteiger partial charge < -0.3 is 15.8 Å². The molecule has 4 nitrogen and oxygen atoms in total. The van der Waals surface area contributed by atoms with Gasteiger partial charge in [0.25, 0.3) is 0 Å². The quantitative estimate of drug-likeness (QED) is 0.381. The smallest absolute Gasteiger partial charge is 0.122 e. The van der Waals surface area contributed by atoms with Crippen LogP contribution in [0.5, 0.6) is 0 Å². The van der Waals surface area contributed by atoms with Crippen molar-refractivity contribution in [3.8, 4) is 0 Å². The summed E-state index contributed by atoms with van der Waals surface area (Å²) in [5.41, 5.74) is 6.81. The Balaban J connectivity index is 0.00000120. The molecule has 0 aromatic carbocycles. The van der Waals surface area contributed by atoms with Gasteiger partial charge in [-0.1, -0.05) is 27.7 Å². The lowest BCUT2D eigenvalue weighted by Crippen LogP contribution is -2.58. The first-order valence-electron chi connectivity index (χ1n) is 14.7. The van der Waals surface area contributed by atoms with Gasteiger partial charge in [-0.2, -0.15) is 0 Å². The number of fused-ring (bicyclic) bond motifs is 7. The van der Waals surface area contributed by atoms with Gasteiger partial charge in [0.05, 0.1) is 6.10 Å². The molecule has 6 aliphatic rings. The fourth-order valence-electron chi connectivity index (χ4n) is 10.9. The Morgan fingerprint density at radius 2 is 1.64 bits per heavy atom. The van der Waals surface area contributed by atoms with Crippen molar-refractivity contribution in [2.45, 2.75) is 110 Å². The summed E-state index contributed by atoms with van der Waals surface area (Å²) in [6.07, 6.45) is 14.4. The normalized spacial score (nSPS) is 53.1. The molecule has 7 heteroatoms. The molecule has 4 N–H and O–H groups in total. The van der Waals surface area contributed by atoms with Crippen LogP contribution in [0, 0.1) is 52.3 Å². The van der Waals surface area contributed by atoms with E-state index in [9.17, 15) is 0 Å². The number of hydrogen-bond donors (Lipinski definition) is 3. The second-order valence-electron chi connectivity index (χ2n) is 14.0. The van der Waals surface area contributed by atoms with Crippen LogP contribution < -0.4 is 16.4 Å². The lowest BCUT2D eigenvalue weighted by atomic mass is 9.44. The molecule has 6 rings (SSSR count). The third-order valence-corrected chi connectivity index (χ3v) is 12.7. The molecule has 0 aromatic heterocycles. The Bertz CT molecular complexity index is 749. The molecular formula is C29H54Cl3N3O. The monoisotopic (exact) mass is 565 g/mol. The van der Waals surface area contributed by atoms with Gasteiger partial charge >= 0.3 is 0 Å². The molecule has 2 heterocycles. The summed E-state index contributed by atoms with van der Waals surface area (Å²) in [5.74, 6) is 5.89. The maximum atomic E-state index is 7.07. The second-order valence-corrected chi connectivity index (χ2v) is 14.0. The first-order chi connectivity index (χ1) is 15.8. The van der Waals surface area contributed by atoms with Crippen LogP contribution in [0.4, 0.5) is 0 Å². The van der Waals surface area contributed by atoms with E-state index in [1.807, 2.05) is 0 Å². The Labute approximate surface area is 239 Å². The predicted octanol–water partition coefficient (Wildman–Crippen LogP) is 6.19. The van der Waals surface area contributed by atoms with E-state index in [1.54, 1.807) is 0 Å². The molecular weight excluding hydrogens is 513 g/mol. The number of halogens is 3. The summed E-state index contributed by atoms with van der Waals surface area (Å²) in [7, 11) is 0. The highest BCUT2D eigenvalue weighted by molar-refractivity contribution is 5.86. The van der Waals surface area contributed by atoms with Crippen LogP contribution in [-0.2, 0) is 4.74 Å². The zero-order valence-corrected chi connectivity index (χ0v) is 25.5. The van der Waals surface area contributed by atoms with Crippen molar-refractivity contribution in [3.05, 3.63) is 0 Å². The van der Waals surface area contributed by atoms with Gasteiger partial charge in [-0.15, -0.1) is 37.2 Å². The van der Waals surface area contributed by atoms with Gasteiger partial charge in [0.2, 0.25) is 0 Å². The molecule has 4 saturated carbocycles. The molecule has 12 atom stereocenters. The van der Waals surface area contributed by atoms with E-state index in [0.29, 0.717) is 28.9 Å². The largest absolute Gasteiger partial charge is 0.357 e. The van der Waals surface area contributed by atoms with Crippen LogP contribution in [0.1, 0.15) is 91.9 Å². The van der Waals surface area contributed by atoms with Crippen LogP contribution in [0.3, 0.4) is 0 Å². The first kappa shape index (κ1) is 31.2. The van der Waals surface area contributed by atoms with E-state index in [1.165, 1.54) is 64.2 Å². The van der Waals surface area contributed by atoms with Crippen molar-refractivity contribution >= 4 is 37.2 Å². The van der Waals surface area contributed by atoms with E-state index in [0.717, 1.165) is 55.1 Å². The average Bonchev–Trinajstić information content (AvgIpc) is 3.24. The summed E-state index contributed by atoms with van der Waals surface area (Å²) in [6.45, 7) is 13.2. The number of piperidine rings is 1.